The van der Waals surface area contributed by atoms with Gasteiger partial charge < -0.3 is 111 Å². The highest BCUT2D eigenvalue weighted by molar-refractivity contribution is 5.84. The van der Waals surface area contributed by atoms with Crippen molar-refractivity contribution in [1.29, 1.82) is 0 Å². The summed E-state index contributed by atoms with van der Waals surface area (Å²) in [6.45, 7) is -3.24. The third-order valence-corrected chi connectivity index (χ3v) is 10.4. The minimum atomic E-state index is -1.38. The number of hydrogen-bond donors (Lipinski definition) is 17. The van der Waals surface area contributed by atoms with Crippen molar-refractivity contribution in [3.05, 3.63) is 0 Å². The number of carboxylic acids is 8. The second kappa shape index (κ2) is 58.1. The predicted molar refractivity (Wildman–Crippen MR) is 291 cm³/mol. The van der Waals surface area contributed by atoms with Gasteiger partial charge in [-0.1, -0.05) is 7.43 Å². The molecule has 12 atom stereocenters. The standard InChI is InChI=1S/C8H15FN2O4.2C8H15FN2O3.C8H14FNO5.C8H14FNO4.C7H12FNO5.CH4/c9-2-1-3-15-6(7(11)12)4-5(10)8(13)14;1-5(12)6(10)4-7(8(11)13)14-3-2-9;9-3-1-2-5(7(11)12)4-6(10)8(13)14;9-2-1-3-15-6(8(13)14)4-5(10)7(11)12;9-3-1-2-5(7(11)12)4-6(10)8(13)14;8-1-2-14-5(7(12)13)3-4(9)6(10)11;/h5-6H,1-4,10H2,(H2,11,12)(H,13,14);6-7H,2-4,10H2,1H3,(H2,11,13);5-6H,1-4,10H2,(H2,11,12)(H,13,14);5-6H,1-4,10H2,(H,11,12)(H,13,14);5-6H,1-4,10H2,(H,11,12)(H,13,14);4-5H,1-3,9H2,(H,10,11)(H,12,13);1H4/t5?,6-;6?,7-;5-,6?;5?,6-;5-,6?;4?,5-;/m000000./s1/i5*9-1;8-1;. The molecule has 0 aliphatic rings. The molecule has 0 aliphatic carbocycles. The van der Waals surface area contributed by atoms with Crippen LogP contribution in [-0.4, -0.2) is 239 Å². The number of ketones is 1. The zero-order valence-electron chi connectivity index (χ0n) is 47.1. The molecule has 0 aromatic heterocycles. The highest BCUT2D eigenvalue weighted by Gasteiger charge is 2.28. The zero-order valence-corrected chi connectivity index (χ0v) is 47.1. The number of halogens is 6. The van der Waals surface area contributed by atoms with Crippen LogP contribution in [0.5, 0.6) is 0 Å². The van der Waals surface area contributed by atoms with Crippen molar-refractivity contribution in [2.45, 2.75) is 152 Å². The van der Waals surface area contributed by atoms with Crippen molar-refractivity contribution >= 4 is 71.3 Å². The van der Waals surface area contributed by atoms with Gasteiger partial charge in [0.1, 0.15) is 61.5 Å². The lowest BCUT2D eigenvalue weighted by Crippen LogP contribution is -2.40. The molecule has 0 radical (unpaired) electrons. The Morgan fingerprint density at radius 1 is 0.322 bits per heavy atom. The minimum Gasteiger partial charge on any atom is -0.481 e. The molecule has 0 aromatic rings. The number of carboxylic acid groups (broad SMARTS) is 8. The van der Waals surface area contributed by atoms with E-state index in [0.717, 1.165) is 0 Å². The quantitative estimate of drug-likeness (QED) is 0.0222. The van der Waals surface area contributed by atoms with Crippen LogP contribution in [-0.2, 0) is 76.5 Å². The van der Waals surface area contributed by atoms with Gasteiger partial charge in [0, 0.05) is 31.6 Å². The topological polar surface area (TPSA) is 638 Å². The Hall–Kier alpha value is -6.98. The number of ether oxygens (including phenoxy) is 4. The first kappa shape index (κ1) is 93.7. The molecule has 87 heavy (non-hydrogen) atoms. The van der Waals surface area contributed by atoms with Gasteiger partial charge in [-0.3, -0.25) is 65.5 Å². The molecule has 26 N–H and O–H groups in total. The van der Waals surface area contributed by atoms with Gasteiger partial charge in [0.15, 0.2) is 12.2 Å². The molecule has 0 aliphatic heterocycles. The molecule has 512 valence electrons. The van der Waals surface area contributed by atoms with Crippen molar-refractivity contribution in [3.8, 4) is 0 Å². The number of hydrogen-bond acceptors (Lipinski definition) is 22. The van der Waals surface area contributed by atoms with Crippen LogP contribution in [0.1, 0.15) is 91.4 Å². The fraction of sp³-hybridized carbons (Fsp3) is 0.750. The number of Topliss-reactive ketones (excluding diaryl/α,β-unsaturated/α-hetero) is 1. The van der Waals surface area contributed by atoms with E-state index in [9.17, 15) is 83.9 Å². The van der Waals surface area contributed by atoms with Crippen LogP contribution in [0.3, 0.4) is 0 Å². The second-order valence-electron chi connectivity index (χ2n) is 17.5. The van der Waals surface area contributed by atoms with Crippen LogP contribution in [0.4, 0.5) is 26.3 Å². The average molecular weight is 1280 g/mol. The molecule has 6 unspecified atom stereocenters. The molecule has 0 spiro atoms. The van der Waals surface area contributed by atoms with Gasteiger partial charge in [-0.2, -0.15) is 0 Å². The first-order valence-electron chi connectivity index (χ1n) is 25.5. The summed E-state index contributed by atoms with van der Waals surface area (Å²) in [5.74, 6) is -14.0. The van der Waals surface area contributed by atoms with Crippen LogP contribution in [0.15, 0.2) is 0 Å². The van der Waals surface area contributed by atoms with Crippen molar-refractivity contribution in [2.24, 2.45) is 63.4 Å². The Balaban J connectivity index is -0.000000176. The molecule has 0 saturated heterocycles. The molecule has 39 heteroatoms. The van der Waals surface area contributed by atoms with Gasteiger partial charge >= 0.3 is 47.8 Å². The summed E-state index contributed by atoms with van der Waals surface area (Å²) in [5, 5.41) is 68.1. The molecule has 0 rings (SSSR count). The Morgan fingerprint density at radius 3 is 0.828 bits per heavy atom. The zero-order chi connectivity index (χ0) is 68.2. The Labute approximate surface area is 496 Å². The number of primary amides is 3. The van der Waals surface area contributed by atoms with Gasteiger partial charge in [0.2, 0.25) is 17.7 Å². The highest BCUT2D eigenvalue weighted by Crippen LogP contribution is 2.15. The van der Waals surface area contributed by atoms with E-state index < -0.39 is 178 Å². The molecule has 0 heterocycles. The van der Waals surface area contributed by atoms with Gasteiger partial charge in [-0.15, -0.1) is 0 Å². The lowest BCUT2D eigenvalue weighted by molar-refractivity contribution is -0.153. The summed E-state index contributed by atoms with van der Waals surface area (Å²) in [5.41, 5.74) is 46.2. The molecular formula is C48H89F6N9O24. The fourth-order valence-electron chi connectivity index (χ4n) is 5.52. The average Bonchev–Trinajstić information content (AvgIpc) is 3.46. The number of carbonyl (C=O) groups is 12. The molecule has 0 saturated carbocycles. The van der Waals surface area contributed by atoms with Crippen molar-refractivity contribution < 1.29 is 144 Å². The highest BCUT2D eigenvalue weighted by atomic mass is 18.2. The van der Waals surface area contributed by atoms with E-state index in [1.807, 2.05) is 0 Å². The largest absolute Gasteiger partial charge is 0.481 e. The number of nitrogens with two attached hydrogens (primary N) is 9. The normalized spacial score (nSPS) is 14.5. The Morgan fingerprint density at radius 2 is 0.575 bits per heavy atom. The number of carbonyl (C=O) groups excluding carboxylic acids is 4. The van der Waals surface area contributed by atoms with E-state index in [0.29, 0.717) is 0 Å². The number of alkyl halides is 6. The first-order valence-corrected chi connectivity index (χ1v) is 25.5. The fourth-order valence-corrected chi connectivity index (χ4v) is 5.52. The smallest absolute Gasteiger partial charge is 0.332 e. The summed E-state index contributed by atoms with van der Waals surface area (Å²) < 4.78 is 89.4. The Kier molecular flexibility index (Phi) is 62.5. The molecule has 0 bridgehead atoms. The van der Waals surface area contributed by atoms with Crippen LogP contribution in [0, 0.1) is 11.8 Å². The third kappa shape index (κ3) is 56.6. The van der Waals surface area contributed by atoms with Crippen molar-refractivity contribution in [1.82, 2.24) is 0 Å². The number of aliphatic carboxylic acids is 8. The summed E-state index contributed by atoms with van der Waals surface area (Å²) in [6.07, 6.45) is -5.02. The van der Waals surface area contributed by atoms with Gasteiger partial charge in [-0.05, 0) is 58.3 Å². The second-order valence-corrected chi connectivity index (χ2v) is 17.5. The van der Waals surface area contributed by atoms with Crippen LogP contribution >= 0.6 is 0 Å². The monoisotopic (exact) mass is 1280 g/mol. The first-order chi connectivity index (χ1) is 39.9. The van der Waals surface area contributed by atoms with Crippen LogP contribution < -0.4 is 51.6 Å². The minimum absolute atomic E-state index is 0. The summed E-state index contributed by atoms with van der Waals surface area (Å²) >= 11 is 0. The van der Waals surface area contributed by atoms with Gasteiger partial charge in [-0.25, -0.2) is 18.4 Å². The molecule has 33 nitrogen and oxygen atoms in total. The summed E-state index contributed by atoms with van der Waals surface area (Å²) in [6, 6.07) is -6.95. The van der Waals surface area contributed by atoms with E-state index in [-0.39, 0.29) is 117 Å². The molecular weight excluding hydrogens is 1190 g/mol. The SMILES string of the molecule is C.CC(=O)C(N)C[C@H](OCC[18F])C(N)=O.NC(=O)[C@@H](CCC[18F])CC(N)C(=O)O.NC(=O)[C@H](CC(N)C(=O)O)OCCC[18F].NC(C[C@H](CCC[18F])C(=O)O)C(=O)O.NC(C[C@H](OCCC[18F])C(=O)O)C(=O)O.NC(C[C@H](OCC[18F])C(=O)O)C(=O)O. The maximum Gasteiger partial charge on any atom is 0.332 e. The van der Waals surface area contributed by atoms with E-state index >= 15 is 0 Å². The van der Waals surface area contributed by atoms with E-state index in [1.54, 1.807) is 0 Å². The molecule has 3 amide bonds. The van der Waals surface area contributed by atoms with E-state index in [1.165, 1.54) is 6.92 Å². The lowest BCUT2D eigenvalue weighted by Gasteiger charge is -2.16. The van der Waals surface area contributed by atoms with Gasteiger partial charge in [0.25, 0.3) is 0 Å². The maximum atomic E-state index is 11.8. The predicted octanol–water partition coefficient (Wildman–Crippen LogP) is -2.49. The van der Waals surface area contributed by atoms with Crippen molar-refractivity contribution in [3.63, 3.8) is 0 Å². The van der Waals surface area contributed by atoms with Crippen molar-refractivity contribution in [2.75, 3.05) is 66.5 Å². The van der Waals surface area contributed by atoms with Crippen LogP contribution in [0.2, 0.25) is 0 Å². The Bertz CT molecular complexity index is 1760. The van der Waals surface area contributed by atoms with E-state index in [2.05, 4.69) is 4.74 Å². The third-order valence-electron chi connectivity index (χ3n) is 10.4. The molecule has 0 fully saturated rings. The lowest BCUT2D eigenvalue weighted by atomic mass is 9.95. The summed E-state index contributed by atoms with van der Waals surface area (Å²) in [7, 11) is 0. The molecule has 0 aromatic carbocycles. The van der Waals surface area contributed by atoms with E-state index in [4.69, 9.17) is 107 Å². The van der Waals surface area contributed by atoms with Gasteiger partial charge in [0.05, 0.1) is 65.1 Å². The summed E-state index contributed by atoms with van der Waals surface area (Å²) in [4.78, 5) is 127. The number of rotatable bonds is 44. The maximum absolute atomic E-state index is 11.8. The van der Waals surface area contributed by atoms with Crippen LogP contribution in [0.25, 0.3) is 0 Å². The number of amides is 3.